The Labute approximate surface area is 182 Å². The first kappa shape index (κ1) is 28.4. The predicted octanol–water partition coefficient (Wildman–Crippen LogP) is 8.39. The van der Waals surface area contributed by atoms with Crippen LogP contribution in [-0.2, 0) is 14.3 Å². The van der Waals surface area contributed by atoms with Crippen molar-refractivity contribution in [2.75, 3.05) is 14.2 Å². The van der Waals surface area contributed by atoms with Gasteiger partial charge in [-0.3, -0.25) is 4.79 Å². The minimum absolute atomic E-state index is 0.113. The number of hydrogen-bond acceptors (Lipinski definition) is 3. The lowest BCUT2D eigenvalue weighted by molar-refractivity contribution is -0.140. The third-order valence-electron chi connectivity index (χ3n) is 6.10. The summed E-state index contributed by atoms with van der Waals surface area (Å²) in [6.45, 7) is 2.29. The van der Waals surface area contributed by atoms with Crippen LogP contribution in [0.15, 0.2) is 0 Å². The molecule has 0 saturated heterocycles. The van der Waals surface area contributed by atoms with Gasteiger partial charge in [0, 0.05) is 13.5 Å². The Balaban J connectivity index is 3.23. The lowest BCUT2D eigenvalue weighted by Gasteiger charge is -2.14. The molecule has 0 saturated carbocycles. The smallest absolute Gasteiger partial charge is 0.305 e. The van der Waals surface area contributed by atoms with Crippen LogP contribution in [0.3, 0.4) is 0 Å². The summed E-state index contributed by atoms with van der Waals surface area (Å²) in [4.78, 5) is 11.1. The van der Waals surface area contributed by atoms with Crippen LogP contribution in [0, 0.1) is 0 Å². The monoisotopic (exact) mass is 412 g/mol. The Bertz CT molecular complexity index is 330. The molecule has 0 aliphatic heterocycles. The molecule has 0 aliphatic rings. The minimum Gasteiger partial charge on any atom is -0.469 e. The van der Waals surface area contributed by atoms with Crippen LogP contribution in [0.5, 0.6) is 0 Å². The van der Waals surface area contributed by atoms with Crippen molar-refractivity contribution < 1.29 is 14.3 Å². The van der Waals surface area contributed by atoms with Gasteiger partial charge in [0.2, 0.25) is 0 Å². The van der Waals surface area contributed by atoms with Crippen LogP contribution >= 0.6 is 0 Å². The summed E-state index contributed by atoms with van der Waals surface area (Å²) in [5.74, 6) is -0.113. The van der Waals surface area contributed by atoms with E-state index in [4.69, 9.17) is 4.74 Å². The van der Waals surface area contributed by atoms with Gasteiger partial charge < -0.3 is 9.47 Å². The second kappa shape index (κ2) is 23.7. The van der Waals surface area contributed by atoms with E-state index in [9.17, 15) is 4.79 Å². The second-order valence-electron chi connectivity index (χ2n) is 8.77. The van der Waals surface area contributed by atoms with Gasteiger partial charge in [-0.1, -0.05) is 116 Å². The summed E-state index contributed by atoms with van der Waals surface area (Å²) in [6, 6.07) is 0. The maximum Gasteiger partial charge on any atom is 0.305 e. The normalized spacial score (nSPS) is 12.2. The predicted molar refractivity (Wildman–Crippen MR) is 125 cm³/mol. The van der Waals surface area contributed by atoms with Gasteiger partial charge in [0.15, 0.2) is 0 Å². The number of ether oxygens (including phenoxy) is 2. The molecular formula is C26H52O3. The molecule has 0 fully saturated rings. The lowest BCUT2D eigenvalue weighted by Crippen LogP contribution is -2.11. The molecule has 0 aromatic heterocycles. The first-order chi connectivity index (χ1) is 14.2. The van der Waals surface area contributed by atoms with Crippen LogP contribution in [0.2, 0.25) is 0 Å². The number of rotatable bonds is 23. The van der Waals surface area contributed by atoms with Crippen LogP contribution < -0.4 is 0 Å². The Hall–Kier alpha value is -0.570. The van der Waals surface area contributed by atoms with E-state index in [2.05, 4.69) is 11.7 Å². The van der Waals surface area contributed by atoms with E-state index < -0.39 is 0 Å². The standard InChI is InChI=1S/C26H52O3/c1-4-5-6-7-8-9-10-11-12-13-14-15-16-17-18-19-20-22-25(28-2)23-21-24-26(27)29-3/h25H,4-24H2,1-3H3/t25-/m1/s1. The molecule has 0 rings (SSSR count). The highest BCUT2D eigenvalue weighted by molar-refractivity contribution is 5.68. The van der Waals surface area contributed by atoms with Crippen molar-refractivity contribution in [3.8, 4) is 0 Å². The van der Waals surface area contributed by atoms with Crippen LogP contribution in [0.4, 0.5) is 0 Å². The maximum absolute atomic E-state index is 11.1. The molecular weight excluding hydrogens is 360 g/mol. The minimum atomic E-state index is -0.113. The van der Waals surface area contributed by atoms with Gasteiger partial charge in [0.25, 0.3) is 0 Å². The third-order valence-corrected chi connectivity index (χ3v) is 6.10. The molecule has 174 valence electrons. The average molecular weight is 413 g/mol. The molecule has 3 nitrogen and oxygen atoms in total. The van der Waals surface area contributed by atoms with Crippen molar-refractivity contribution in [3.63, 3.8) is 0 Å². The van der Waals surface area contributed by atoms with Gasteiger partial charge >= 0.3 is 5.97 Å². The van der Waals surface area contributed by atoms with E-state index in [1.807, 2.05) is 0 Å². The van der Waals surface area contributed by atoms with E-state index in [-0.39, 0.29) is 5.97 Å². The molecule has 3 heteroatoms. The Morgan fingerprint density at radius 3 is 1.34 bits per heavy atom. The Morgan fingerprint density at radius 1 is 0.586 bits per heavy atom. The molecule has 0 amide bonds. The zero-order valence-electron chi connectivity index (χ0n) is 20.2. The van der Waals surface area contributed by atoms with Crippen LogP contribution in [-0.4, -0.2) is 26.3 Å². The van der Waals surface area contributed by atoms with Gasteiger partial charge in [0.05, 0.1) is 13.2 Å². The van der Waals surface area contributed by atoms with Crippen LogP contribution in [0.25, 0.3) is 0 Å². The SMILES string of the molecule is CCCCCCCCCCCCCCCCCCC[C@H](CCCC(=O)OC)OC. The molecule has 0 unspecified atom stereocenters. The first-order valence-corrected chi connectivity index (χ1v) is 12.8. The zero-order chi connectivity index (χ0) is 21.4. The third kappa shape index (κ3) is 21.9. The van der Waals surface area contributed by atoms with Gasteiger partial charge in [-0.25, -0.2) is 0 Å². The Kier molecular flexibility index (Phi) is 23.2. The summed E-state index contributed by atoms with van der Waals surface area (Å²) >= 11 is 0. The van der Waals surface area contributed by atoms with Crippen LogP contribution in [0.1, 0.15) is 142 Å². The molecule has 0 heterocycles. The molecule has 0 radical (unpaired) electrons. The average Bonchev–Trinajstić information content (AvgIpc) is 2.74. The number of carbonyl (C=O) groups is 1. The summed E-state index contributed by atoms with van der Waals surface area (Å²) in [5, 5.41) is 0. The highest BCUT2D eigenvalue weighted by Gasteiger charge is 2.08. The highest BCUT2D eigenvalue weighted by Crippen LogP contribution is 2.16. The molecule has 0 bridgehead atoms. The fourth-order valence-electron chi connectivity index (χ4n) is 4.05. The van der Waals surface area contributed by atoms with E-state index in [0.29, 0.717) is 12.5 Å². The lowest BCUT2D eigenvalue weighted by atomic mass is 10.0. The highest BCUT2D eigenvalue weighted by atomic mass is 16.5. The van der Waals surface area contributed by atoms with E-state index in [1.54, 1.807) is 7.11 Å². The molecule has 0 aromatic carbocycles. The zero-order valence-corrected chi connectivity index (χ0v) is 20.2. The quantitative estimate of drug-likeness (QED) is 0.125. The maximum atomic E-state index is 11.1. The van der Waals surface area contributed by atoms with E-state index in [1.165, 1.54) is 116 Å². The first-order valence-electron chi connectivity index (χ1n) is 12.8. The molecule has 0 aliphatic carbocycles. The number of esters is 1. The van der Waals surface area contributed by atoms with E-state index in [0.717, 1.165) is 19.3 Å². The second-order valence-corrected chi connectivity index (χ2v) is 8.77. The summed E-state index contributed by atoms with van der Waals surface area (Å²) in [6.07, 6.45) is 27.7. The fourth-order valence-corrected chi connectivity index (χ4v) is 4.05. The van der Waals surface area contributed by atoms with Crippen molar-refractivity contribution in [3.05, 3.63) is 0 Å². The van der Waals surface area contributed by atoms with Crippen molar-refractivity contribution in [1.29, 1.82) is 0 Å². The Morgan fingerprint density at radius 2 is 0.966 bits per heavy atom. The van der Waals surface area contributed by atoms with Crippen molar-refractivity contribution in [1.82, 2.24) is 0 Å². The fraction of sp³-hybridized carbons (Fsp3) is 0.962. The van der Waals surface area contributed by atoms with Gasteiger partial charge in [-0.2, -0.15) is 0 Å². The van der Waals surface area contributed by atoms with Gasteiger partial charge in [-0.05, 0) is 19.3 Å². The molecule has 0 N–H and O–H groups in total. The van der Waals surface area contributed by atoms with Crippen molar-refractivity contribution in [2.45, 2.75) is 148 Å². The summed E-state index contributed by atoms with van der Waals surface area (Å²) < 4.78 is 10.2. The summed E-state index contributed by atoms with van der Waals surface area (Å²) in [5.41, 5.74) is 0. The number of hydrogen-bond donors (Lipinski definition) is 0. The van der Waals surface area contributed by atoms with Crippen molar-refractivity contribution >= 4 is 5.97 Å². The molecule has 1 atom stereocenters. The molecule has 0 aromatic rings. The van der Waals surface area contributed by atoms with Gasteiger partial charge in [-0.15, -0.1) is 0 Å². The summed E-state index contributed by atoms with van der Waals surface area (Å²) in [7, 11) is 3.24. The van der Waals surface area contributed by atoms with Gasteiger partial charge in [0.1, 0.15) is 0 Å². The largest absolute Gasteiger partial charge is 0.469 e. The topological polar surface area (TPSA) is 35.5 Å². The van der Waals surface area contributed by atoms with Crippen molar-refractivity contribution in [2.24, 2.45) is 0 Å². The van der Waals surface area contributed by atoms with E-state index >= 15 is 0 Å². The molecule has 29 heavy (non-hydrogen) atoms. The number of carbonyl (C=O) groups excluding carboxylic acids is 1. The number of unbranched alkanes of at least 4 members (excludes halogenated alkanes) is 16. The molecule has 0 spiro atoms. The number of methoxy groups -OCH3 is 2.